The van der Waals surface area contributed by atoms with Gasteiger partial charge in [0.05, 0.1) is 5.69 Å². The Hall–Kier alpha value is -1.88. The highest BCUT2D eigenvalue weighted by Crippen LogP contribution is 2.23. The normalized spacial score (nSPS) is 14.8. The van der Waals surface area contributed by atoms with Crippen molar-refractivity contribution in [3.8, 4) is 10.6 Å². The van der Waals surface area contributed by atoms with E-state index in [9.17, 15) is 4.79 Å². The quantitative estimate of drug-likeness (QED) is 0.938. The van der Waals surface area contributed by atoms with Gasteiger partial charge in [0.1, 0.15) is 5.01 Å². The maximum atomic E-state index is 12.0. The molecule has 1 aliphatic heterocycles. The highest BCUT2D eigenvalue weighted by atomic mass is 32.1. The number of piperidine rings is 1. The van der Waals surface area contributed by atoms with E-state index in [2.05, 4.69) is 27.8 Å². The van der Waals surface area contributed by atoms with Crippen molar-refractivity contribution in [3.05, 3.63) is 41.4 Å². The molecule has 1 fully saturated rings. The fourth-order valence-corrected chi connectivity index (χ4v) is 3.50. The Kier molecular flexibility index (Phi) is 5.06. The number of hydrogen-bond acceptors (Lipinski definition) is 3. The first kappa shape index (κ1) is 15.0. The Morgan fingerprint density at radius 2 is 1.95 bits per heavy atom. The van der Waals surface area contributed by atoms with E-state index in [1.54, 1.807) is 11.3 Å². The number of benzene rings is 1. The van der Waals surface area contributed by atoms with Crippen molar-refractivity contribution in [1.82, 2.24) is 15.2 Å². The van der Waals surface area contributed by atoms with Gasteiger partial charge in [-0.25, -0.2) is 9.78 Å². The smallest absolute Gasteiger partial charge is 0.317 e. The van der Waals surface area contributed by atoms with Crippen LogP contribution >= 0.6 is 11.3 Å². The summed E-state index contributed by atoms with van der Waals surface area (Å²) in [6.07, 6.45) is 4.27. The molecular formula is C17H21N3OS. The lowest BCUT2D eigenvalue weighted by Gasteiger charge is -2.26. The van der Waals surface area contributed by atoms with Gasteiger partial charge in [-0.15, -0.1) is 11.3 Å². The average molecular weight is 315 g/mol. The zero-order valence-electron chi connectivity index (χ0n) is 12.6. The summed E-state index contributed by atoms with van der Waals surface area (Å²) in [5.41, 5.74) is 2.19. The van der Waals surface area contributed by atoms with Crippen molar-refractivity contribution < 1.29 is 4.79 Å². The SMILES string of the molecule is O=C(NCCc1csc(-c2ccccc2)n1)N1CCCCC1. The molecule has 116 valence electrons. The van der Waals surface area contributed by atoms with E-state index in [-0.39, 0.29) is 6.03 Å². The molecule has 0 atom stereocenters. The van der Waals surface area contributed by atoms with E-state index in [0.717, 1.165) is 48.6 Å². The van der Waals surface area contributed by atoms with Gasteiger partial charge >= 0.3 is 6.03 Å². The molecule has 1 aliphatic rings. The number of carbonyl (C=O) groups is 1. The number of carbonyl (C=O) groups excluding carboxylic acids is 1. The molecule has 22 heavy (non-hydrogen) atoms. The van der Waals surface area contributed by atoms with Crippen LogP contribution in [0.3, 0.4) is 0 Å². The lowest BCUT2D eigenvalue weighted by atomic mass is 10.1. The number of nitrogens with one attached hydrogen (secondary N) is 1. The fourth-order valence-electron chi connectivity index (χ4n) is 2.64. The van der Waals surface area contributed by atoms with Crippen LogP contribution in [-0.4, -0.2) is 35.5 Å². The number of nitrogens with zero attached hydrogens (tertiary/aromatic N) is 2. The monoisotopic (exact) mass is 315 g/mol. The molecule has 0 radical (unpaired) electrons. The van der Waals surface area contributed by atoms with Crippen LogP contribution in [0.15, 0.2) is 35.7 Å². The molecule has 0 bridgehead atoms. The van der Waals surface area contributed by atoms with Crippen molar-refractivity contribution in [3.63, 3.8) is 0 Å². The van der Waals surface area contributed by atoms with Gasteiger partial charge in [-0.2, -0.15) is 0 Å². The minimum atomic E-state index is 0.0678. The average Bonchev–Trinajstić information content (AvgIpc) is 3.05. The van der Waals surface area contributed by atoms with Gasteiger partial charge in [0.15, 0.2) is 0 Å². The summed E-state index contributed by atoms with van der Waals surface area (Å²) in [6.45, 7) is 2.43. The summed E-state index contributed by atoms with van der Waals surface area (Å²) in [7, 11) is 0. The summed E-state index contributed by atoms with van der Waals surface area (Å²) in [5.74, 6) is 0. The standard InChI is InChI=1S/C17H21N3OS/c21-17(20-11-5-2-6-12-20)18-10-9-15-13-22-16(19-15)14-7-3-1-4-8-14/h1,3-4,7-8,13H,2,5-6,9-12H2,(H,18,21). The van der Waals surface area contributed by atoms with E-state index in [1.165, 1.54) is 6.42 Å². The number of hydrogen-bond donors (Lipinski definition) is 1. The largest absolute Gasteiger partial charge is 0.338 e. The first-order chi connectivity index (χ1) is 10.8. The van der Waals surface area contributed by atoms with Crippen molar-refractivity contribution >= 4 is 17.4 Å². The van der Waals surface area contributed by atoms with E-state index < -0.39 is 0 Å². The van der Waals surface area contributed by atoms with Gasteiger partial charge in [0, 0.05) is 37.0 Å². The lowest BCUT2D eigenvalue weighted by molar-refractivity contribution is 0.186. The van der Waals surface area contributed by atoms with Crippen molar-refractivity contribution in [2.75, 3.05) is 19.6 Å². The molecule has 2 heterocycles. The topological polar surface area (TPSA) is 45.2 Å². The Labute approximate surface area is 135 Å². The number of amides is 2. The minimum Gasteiger partial charge on any atom is -0.338 e. The molecule has 2 aromatic rings. The molecule has 0 unspecified atom stereocenters. The van der Waals surface area contributed by atoms with Crippen LogP contribution in [0.2, 0.25) is 0 Å². The van der Waals surface area contributed by atoms with E-state index in [0.29, 0.717) is 6.54 Å². The molecule has 1 aromatic heterocycles. The Morgan fingerprint density at radius 1 is 1.18 bits per heavy atom. The second kappa shape index (κ2) is 7.40. The fraction of sp³-hybridized carbons (Fsp3) is 0.412. The van der Waals surface area contributed by atoms with Gasteiger partial charge in [0.25, 0.3) is 0 Å². The number of rotatable bonds is 4. The Morgan fingerprint density at radius 3 is 2.73 bits per heavy atom. The number of thiazole rings is 1. The molecule has 1 aromatic carbocycles. The Bertz CT molecular complexity index is 605. The van der Waals surface area contributed by atoms with Crippen LogP contribution in [0.5, 0.6) is 0 Å². The molecule has 4 nitrogen and oxygen atoms in total. The zero-order chi connectivity index (χ0) is 15.2. The summed E-state index contributed by atoms with van der Waals surface area (Å²) in [6, 6.07) is 10.3. The highest BCUT2D eigenvalue weighted by Gasteiger charge is 2.15. The molecule has 2 amide bonds. The predicted octanol–water partition coefficient (Wildman–Crippen LogP) is 3.55. The van der Waals surface area contributed by atoms with Crippen molar-refractivity contribution in [2.24, 2.45) is 0 Å². The molecule has 0 saturated carbocycles. The number of aromatic nitrogens is 1. The first-order valence-corrected chi connectivity index (χ1v) is 8.73. The Balaban J connectivity index is 1.48. The van der Waals surface area contributed by atoms with Crippen LogP contribution in [0.25, 0.3) is 10.6 Å². The number of urea groups is 1. The van der Waals surface area contributed by atoms with Crippen LogP contribution in [0.4, 0.5) is 4.79 Å². The maximum absolute atomic E-state index is 12.0. The third kappa shape index (κ3) is 3.85. The van der Waals surface area contributed by atoms with Crippen LogP contribution in [0.1, 0.15) is 25.0 Å². The third-order valence-electron chi connectivity index (χ3n) is 3.87. The summed E-state index contributed by atoms with van der Waals surface area (Å²) < 4.78 is 0. The minimum absolute atomic E-state index is 0.0678. The first-order valence-electron chi connectivity index (χ1n) is 7.85. The van der Waals surface area contributed by atoms with Gasteiger partial charge in [0.2, 0.25) is 0 Å². The van der Waals surface area contributed by atoms with E-state index >= 15 is 0 Å². The second-order valence-electron chi connectivity index (χ2n) is 5.54. The second-order valence-corrected chi connectivity index (χ2v) is 6.40. The third-order valence-corrected chi connectivity index (χ3v) is 4.81. The summed E-state index contributed by atoms with van der Waals surface area (Å²) in [4.78, 5) is 18.6. The molecule has 0 aliphatic carbocycles. The molecule has 5 heteroatoms. The molecule has 0 spiro atoms. The maximum Gasteiger partial charge on any atom is 0.317 e. The van der Waals surface area contributed by atoms with Crippen LogP contribution < -0.4 is 5.32 Å². The predicted molar refractivity (Wildman–Crippen MR) is 90.1 cm³/mol. The molecule has 3 rings (SSSR count). The van der Waals surface area contributed by atoms with Crippen LogP contribution in [-0.2, 0) is 6.42 Å². The molecule has 1 N–H and O–H groups in total. The highest BCUT2D eigenvalue weighted by molar-refractivity contribution is 7.13. The lowest BCUT2D eigenvalue weighted by Crippen LogP contribution is -2.43. The van der Waals surface area contributed by atoms with Gasteiger partial charge in [-0.1, -0.05) is 30.3 Å². The van der Waals surface area contributed by atoms with Crippen LogP contribution in [0, 0.1) is 0 Å². The van der Waals surface area contributed by atoms with Gasteiger partial charge in [-0.05, 0) is 19.3 Å². The van der Waals surface area contributed by atoms with Crippen molar-refractivity contribution in [1.29, 1.82) is 0 Å². The summed E-state index contributed by atoms with van der Waals surface area (Å²) >= 11 is 1.66. The zero-order valence-corrected chi connectivity index (χ0v) is 13.4. The number of likely N-dealkylation sites (tertiary alicyclic amines) is 1. The van der Waals surface area contributed by atoms with Gasteiger partial charge in [-0.3, -0.25) is 0 Å². The molecule has 1 saturated heterocycles. The summed E-state index contributed by atoms with van der Waals surface area (Å²) in [5, 5.41) is 6.12. The van der Waals surface area contributed by atoms with E-state index in [1.807, 2.05) is 23.1 Å². The molecular weight excluding hydrogens is 294 g/mol. The van der Waals surface area contributed by atoms with E-state index in [4.69, 9.17) is 0 Å². The van der Waals surface area contributed by atoms with Gasteiger partial charge < -0.3 is 10.2 Å². The van der Waals surface area contributed by atoms with Crippen molar-refractivity contribution in [2.45, 2.75) is 25.7 Å².